The van der Waals surface area contributed by atoms with Crippen molar-refractivity contribution in [1.82, 2.24) is 4.90 Å². The van der Waals surface area contributed by atoms with Gasteiger partial charge in [-0.25, -0.2) is 0 Å². The van der Waals surface area contributed by atoms with E-state index in [9.17, 15) is 0 Å². The van der Waals surface area contributed by atoms with E-state index in [0.29, 0.717) is 6.04 Å². The van der Waals surface area contributed by atoms with Crippen LogP contribution in [0.25, 0.3) is 0 Å². The molecule has 0 spiro atoms. The van der Waals surface area contributed by atoms with E-state index in [1.807, 2.05) is 0 Å². The highest BCUT2D eigenvalue weighted by Gasteiger charge is 2.04. The number of hydrogen-bond donors (Lipinski definition) is 0. The van der Waals surface area contributed by atoms with Gasteiger partial charge in [0.25, 0.3) is 0 Å². The van der Waals surface area contributed by atoms with Crippen LogP contribution in [0.4, 0.5) is 0 Å². The summed E-state index contributed by atoms with van der Waals surface area (Å²) in [6.07, 6.45) is 0. The molecule has 78 valence electrons. The Morgan fingerprint density at radius 3 is 2.29 bits per heavy atom. The quantitative estimate of drug-likeness (QED) is 0.709. The number of rotatable bonds is 3. The second kappa shape index (κ2) is 4.61. The Hall–Kier alpha value is -0.820. The lowest BCUT2D eigenvalue weighted by molar-refractivity contribution is 0.266. The molecule has 1 rings (SSSR count). The van der Waals surface area contributed by atoms with E-state index in [1.54, 1.807) is 0 Å². The molecule has 0 N–H and O–H groups in total. The minimum atomic E-state index is 0.608. The van der Waals surface area contributed by atoms with Crippen LogP contribution in [0.3, 0.4) is 0 Å². The third kappa shape index (κ3) is 2.85. The molecule has 0 amide bonds. The average Bonchev–Trinajstić information content (AvgIpc) is 2.11. The zero-order valence-corrected chi connectivity index (χ0v) is 9.96. The monoisotopic (exact) mass is 191 g/mol. The predicted octanol–water partition coefficient (Wildman–Crippen LogP) is 3.14. The van der Waals surface area contributed by atoms with E-state index in [2.05, 4.69) is 57.8 Å². The lowest BCUT2D eigenvalue weighted by Crippen LogP contribution is -2.25. The molecule has 0 saturated carbocycles. The fourth-order valence-corrected chi connectivity index (χ4v) is 1.37. The van der Waals surface area contributed by atoms with Crippen molar-refractivity contribution in [3.8, 4) is 0 Å². The Morgan fingerprint density at radius 1 is 1.14 bits per heavy atom. The zero-order chi connectivity index (χ0) is 10.7. The highest BCUT2D eigenvalue weighted by molar-refractivity contribution is 5.29. The van der Waals surface area contributed by atoms with Crippen LogP contribution < -0.4 is 0 Å². The van der Waals surface area contributed by atoms with E-state index in [-0.39, 0.29) is 0 Å². The Bertz CT molecular complexity index is 302. The van der Waals surface area contributed by atoms with Gasteiger partial charge in [0.1, 0.15) is 0 Å². The molecule has 1 heteroatoms. The second-order valence-electron chi connectivity index (χ2n) is 4.43. The van der Waals surface area contributed by atoms with Crippen molar-refractivity contribution in [2.45, 2.75) is 40.3 Å². The molecule has 14 heavy (non-hydrogen) atoms. The molecule has 0 heterocycles. The third-order valence-corrected chi connectivity index (χ3v) is 2.88. The first-order chi connectivity index (χ1) is 6.50. The van der Waals surface area contributed by atoms with Crippen LogP contribution in [0.2, 0.25) is 0 Å². The van der Waals surface area contributed by atoms with E-state index in [4.69, 9.17) is 0 Å². The van der Waals surface area contributed by atoms with Crippen LogP contribution in [-0.4, -0.2) is 18.0 Å². The standard InChI is InChI=1S/C13H21N/c1-10(2)14(5)9-13-7-6-11(3)12(4)8-13/h6-8,10H,9H2,1-5H3. The Balaban J connectivity index is 2.73. The smallest absolute Gasteiger partial charge is 0.0233 e. The van der Waals surface area contributed by atoms with Gasteiger partial charge >= 0.3 is 0 Å². The van der Waals surface area contributed by atoms with Gasteiger partial charge in [-0.1, -0.05) is 18.2 Å². The van der Waals surface area contributed by atoms with Gasteiger partial charge in [0.2, 0.25) is 0 Å². The molecule has 1 aromatic rings. The molecule has 0 aliphatic rings. The van der Waals surface area contributed by atoms with Crippen LogP contribution in [0.1, 0.15) is 30.5 Å². The molecule has 0 radical (unpaired) electrons. The summed E-state index contributed by atoms with van der Waals surface area (Å²) in [5, 5.41) is 0. The topological polar surface area (TPSA) is 3.24 Å². The summed E-state index contributed by atoms with van der Waals surface area (Å²) in [4.78, 5) is 2.35. The summed E-state index contributed by atoms with van der Waals surface area (Å²) < 4.78 is 0. The lowest BCUT2D eigenvalue weighted by atomic mass is 10.1. The summed E-state index contributed by atoms with van der Waals surface area (Å²) in [6, 6.07) is 7.32. The first kappa shape index (κ1) is 11.3. The van der Waals surface area contributed by atoms with Crippen molar-refractivity contribution < 1.29 is 0 Å². The normalized spacial score (nSPS) is 11.4. The van der Waals surface area contributed by atoms with Gasteiger partial charge in [0.05, 0.1) is 0 Å². The van der Waals surface area contributed by atoms with Gasteiger partial charge < -0.3 is 0 Å². The van der Waals surface area contributed by atoms with Crippen LogP contribution in [-0.2, 0) is 6.54 Å². The molecule has 0 unspecified atom stereocenters. The Morgan fingerprint density at radius 2 is 1.79 bits per heavy atom. The molecular weight excluding hydrogens is 170 g/mol. The van der Waals surface area contributed by atoms with Crippen LogP contribution in [0, 0.1) is 13.8 Å². The van der Waals surface area contributed by atoms with Crippen LogP contribution in [0.5, 0.6) is 0 Å². The third-order valence-electron chi connectivity index (χ3n) is 2.88. The number of aryl methyl sites for hydroxylation is 2. The van der Waals surface area contributed by atoms with Gasteiger partial charge in [-0.2, -0.15) is 0 Å². The summed E-state index contributed by atoms with van der Waals surface area (Å²) in [7, 11) is 2.17. The Kier molecular flexibility index (Phi) is 3.70. The summed E-state index contributed by atoms with van der Waals surface area (Å²) in [5.41, 5.74) is 4.17. The van der Waals surface area contributed by atoms with Gasteiger partial charge in [-0.3, -0.25) is 4.90 Å². The number of hydrogen-bond acceptors (Lipinski definition) is 1. The maximum atomic E-state index is 2.35. The maximum Gasteiger partial charge on any atom is 0.0233 e. The molecular formula is C13H21N. The SMILES string of the molecule is Cc1ccc(CN(C)C(C)C)cc1C. The lowest BCUT2D eigenvalue weighted by Gasteiger charge is -2.21. The molecule has 1 nitrogen and oxygen atoms in total. The van der Waals surface area contributed by atoms with Crippen molar-refractivity contribution >= 4 is 0 Å². The van der Waals surface area contributed by atoms with Gasteiger partial charge in [-0.15, -0.1) is 0 Å². The molecule has 0 aliphatic carbocycles. The van der Waals surface area contributed by atoms with Crippen molar-refractivity contribution in [2.75, 3.05) is 7.05 Å². The van der Waals surface area contributed by atoms with Crippen molar-refractivity contribution in [1.29, 1.82) is 0 Å². The molecule has 0 atom stereocenters. The Labute approximate surface area is 87.7 Å². The molecule has 0 fully saturated rings. The minimum absolute atomic E-state index is 0.608. The molecule has 0 aromatic heterocycles. The summed E-state index contributed by atoms with van der Waals surface area (Å²) in [6.45, 7) is 9.82. The van der Waals surface area contributed by atoms with Crippen molar-refractivity contribution in [2.24, 2.45) is 0 Å². The van der Waals surface area contributed by atoms with Gasteiger partial charge in [-0.05, 0) is 51.4 Å². The van der Waals surface area contributed by atoms with Crippen molar-refractivity contribution in [3.63, 3.8) is 0 Å². The maximum absolute atomic E-state index is 2.35. The second-order valence-corrected chi connectivity index (χ2v) is 4.43. The number of nitrogens with zero attached hydrogens (tertiary/aromatic N) is 1. The first-order valence-corrected chi connectivity index (χ1v) is 5.27. The average molecular weight is 191 g/mol. The van der Waals surface area contributed by atoms with Crippen molar-refractivity contribution in [3.05, 3.63) is 34.9 Å². The number of benzene rings is 1. The van der Waals surface area contributed by atoms with Gasteiger partial charge in [0, 0.05) is 12.6 Å². The highest BCUT2D eigenvalue weighted by atomic mass is 15.1. The molecule has 0 bridgehead atoms. The molecule has 0 aliphatic heterocycles. The van der Waals surface area contributed by atoms with E-state index >= 15 is 0 Å². The minimum Gasteiger partial charge on any atom is -0.300 e. The first-order valence-electron chi connectivity index (χ1n) is 5.27. The van der Waals surface area contributed by atoms with E-state index < -0.39 is 0 Å². The van der Waals surface area contributed by atoms with Gasteiger partial charge in [0.15, 0.2) is 0 Å². The fraction of sp³-hybridized carbons (Fsp3) is 0.538. The summed E-state index contributed by atoms with van der Waals surface area (Å²) in [5.74, 6) is 0. The predicted molar refractivity (Wildman–Crippen MR) is 62.5 cm³/mol. The highest BCUT2D eigenvalue weighted by Crippen LogP contribution is 2.12. The molecule has 0 saturated heterocycles. The van der Waals surface area contributed by atoms with Crippen LogP contribution >= 0.6 is 0 Å². The fourth-order valence-electron chi connectivity index (χ4n) is 1.37. The molecule has 1 aromatic carbocycles. The van der Waals surface area contributed by atoms with Crippen LogP contribution in [0.15, 0.2) is 18.2 Å². The zero-order valence-electron chi connectivity index (χ0n) is 9.96. The largest absolute Gasteiger partial charge is 0.300 e. The van der Waals surface area contributed by atoms with E-state index in [1.165, 1.54) is 16.7 Å². The summed E-state index contributed by atoms with van der Waals surface area (Å²) >= 11 is 0. The van der Waals surface area contributed by atoms with E-state index in [0.717, 1.165) is 6.54 Å².